The van der Waals surface area contributed by atoms with E-state index in [9.17, 15) is 4.79 Å². The topological polar surface area (TPSA) is 55.8 Å². The Balaban J connectivity index is 2.13. The molecule has 0 radical (unpaired) electrons. The fourth-order valence-corrected chi connectivity index (χ4v) is 2.16. The molecule has 1 aromatic carbocycles. The average molecular weight is 348 g/mol. The third kappa shape index (κ3) is 3.32. The van der Waals surface area contributed by atoms with Crippen molar-refractivity contribution in [2.45, 2.75) is 18.9 Å². The second-order valence-electron chi connectivity index (χ2n) is 3.88. The summed E-state index contributed by atoms with van der Waals surface area (Å²) >= 11 is 2.15. The summed E-state index contributed by atoms with van der Waals surface area (Å²) in [5, 5.41) is 8.93. The van der Waals surface area contributed by atoms with Crippen LogP contribution in [0.3, 0.4) is 0 Å². The molecule has 1 aromatic rings. The molecular formula is C12H13IO4. The zero-order chi connectivity index (χ0) is 12.3. The molecule has 17 heavy (non-hydrogen) atoms. The van der Waals surface area contributed by atoms with E-state index in [4.69, 9.17) is 14.6 Å². The number of carbonyl (C=O) groups is 1. The number of carboxylic acid groups (broad SMARTS) is 1. The van der Waals surface area contributed by atoms with E-state index in [1.54, 1.807) is 18.2 Å². The highest BCUT2D eigenvalue weighted by Gasteiger charge is 2.17. The number of carboxylic acids is 1. The van der Waals surface area contributed by atoms with E-state index in [1.165, 1.54) is 0 Å². The Morgan fingerprint density at radius 3 is 2.76 bits per heavy atom. The highest BCUT2D eigenvalue weighted by molar-refractivity contribution is 14.1. The SMILES string of the molecule is O=C(O)c1ccc(I)c(OC2CCOCC2)c1. The summed E-state index contributed by atoms with van der Waals surface area (Å²) in [6, 6.07) is 4.93. The molecule has 0 spiro atoms. The predicted octanol–water partition coefficient (Wildman–Crippen LogP) is 2.55. The third-order valence-electron chi connectivity index (χ3n) is 2.64. The number of benzene rings is 1. The lowest BCUT2D eigenvalue weighted by Gasteiger charge is -2.24. The van der Waals surface area contributed by atoms with Crippen LogP contribution in [0.4, 0.5) is 0 Å². The second-order valence-corrected chi connectivity index (χ2v) is 5.04. The minimum absolute atomic E-state index is 0.126. The Labute approximate surface area is 113 Å². The minimum atomic E-state index is -0.932. The van der Waals surface area contributed by atoms with Crippen LogP contribution in [0.15, 0.2) is 18.2 Å². The Kier molecular flexibility index (Phi) is 4.22. The zero-order valence-corrected chi connectivity index (χ0v) is 11.3. The van der Waals surface area contributed by atoms with Gasteiger partial charge in [-0.25, -0.2) is 4.79 Å². The molecule has 1 N–H and O–H groups in total. The second kappa shape index (κ2) is 5.68. The molecule has 2 rings (SSSR count). The maximum absolute atomic E-state index is 10.9. The fraction of sp³-hybridized carbons (Fsp3) is 0.417. The molecule has 0 saturated carbocycles. The fourth-order valence-electron chi connectivity index (χ4n) is 1.70. The largest absolute Gasteiger partial charge is 0.489 e. The van der Waals surface area contributed by atoms with Gasteiger partial charge in [-0.1, -0.05) is 0 Å². The molecule has 1 aliphatic rings. The van der Waals surface area contributed by atoms with Gasteiger partial charge >= 0.3 is 5.97 Å². The van der Waals surface area contributed by atoms with Crippen LogP contribution in [0.1, 0.15) is 23.2 Å². The summed E-state index contributed by atoms with van der Waals surface area (Å²) < 4.78 is 12.0. The van der Waals surface area contributed by atoms with Gasteiger partial charge in [0.1, 0.15) is 11.9 Å². The molecule has 5 heteroatoms. The summed E-state index contributed by atoms with van der Waals surface area (Å²) in [5.74, 6) is -0.282. The molecule has 92 valence electrons. The molecule has 4 nitrogen and oxygen atoms in total. The van der Waals surface area contributed by atoms with Crippen LogP contribution in [0, 0.1) is 3.57 Å². The van der Waals surface area contributed by atoms with Crippen LogP contribution in [0.2, 0.25) is 0 Å². The van der Waals surface area contributed by atoms with Gasteiger partial charge in [0.05, 0.1) is 22.3 Å². The number of hydrogen-bond donors (Lipinski definition) is 1. The standard InChI is InChI=1S/C12H13IO4/c13-10-2-1-8(12(14)15)7-11(10)17-9-3-5-16-6-4-9/h1-2,7,9H,3-6H2,(H,14,15). The molecule has 1 aliphatic heterocycles. The summed E-state index contributed by atoms with van der Waals surface area (Å²) in [6.45, 7) is 1.42. The Morgan fingerprint density at radius 1 is 1.41 bits per heavy atom. The first-order valence-corrected chi connectivity index (χ1v) is 6.52. The van der Waals surface area contributed by atoms with E-state index < -0.39 is 5.97 Å². The first-order chi connectivity index (χ1) is 8.16. The summed E-state index contributed by atoms with van der Waals surface area (Å²) in [4.78, 5) is 10.9. The van der Waals surface area contributed by atoms with Crippen molar-refractivity contribution < 1.29 is 19.4 Å². The van der Waals surface area contributed by atoms with Crippen LogP contribution in [-0.4, -0.2) is 30.4 Å². The lowest BCUT2D eigenvalue weighted by atomic mass is 10.1. The molecule has 1 saturated heterocycles. The highest BCUT2D eigenvalue weighted by Crippen LogP contribution is 2.25. The molecular weight excluding hydrogens is 335 g/mol. The van der Waals surface area contributed by atoms with Crippen molar-refractivity contribution in [1.29, 1.82) is 0 Å². The van der Waals surface area contributed by atoms with Crippen LogP contribution >= 0.6 is 22.6 Å². The van der Waals surface area contributed by atoms with E-state index in [-0.39, 0.29) is 11.7 Å². The first kappa shape index (κ1) is 12.6. The number of aromatic carboxylic acids is 1. The molecule has 0 bridgehead atoms. The third-order valence-corrected chi connectivity index (χ3v) is 3.53. The lowest BCUT2D eigenvalue weighted by molar-refractivity contribution is 0.0251. The monoisotopic (exact) mass is 348 g/mol. The van der Waals surface area contributed by atoms with Gasteiger partial charge < -0.3 is 14.6 Å². The number of hydrogen-bond acceptors (Lipinski definition) is 3. The summed E-state index contributed by atoms with van der Waals surface area (Å²) in [5.41, 5.74) is 0.257. The van der Waals surface area contributed by atoms with Crippen molar-refractivity contribution in [2.75, 3.05) is 13.2 Å². The van der Waals surface area contributed by atoms with Crippen molar-refractivity contribution in [3.63, 3.8) is 0 Å². The molecule has 0 atom stereocenters. The van der Waals surface area contributed by atoms with E-state index >= 15 is 0 Å². The number of rotatable bonds is 3. The molecule has 0 amide bonds. The van der Waals surface area contributed by atoms with Crippen LogP contribution in [0.5, 0.6) is 5.75 Å². The molecule has 1 heterocycles. The lowest BCUT2D eigenvalue weighted by Crippen LogP contribution is -2.26. The molecule has 0 unspecified atom stereocenters. The first-order valence-electron chi connectivity index (χ1n) is 5.44. The van der Waals surface area contributed by atoms with E-state index in [0.29, 0.717) is 19.0 Å². The summed E-state index contributed by atoms with van der Waals surface area (Å²) in [6.07, 6.45) is 1.84. The quantitative estimate of drug-likeness (QED) is 0.853. The minimum Gasteiger partial charge on any atom is -0.489 e. The van der Waals surface area contributed by atoms with E-state index in [1.807, 2.05) is 0 Å². The predicted molar refractivity (Wildman–Crippen MR) is 70.6 cm³/mol. The Hall–Kier alpha value is -0.820. The molecule has 0 aliphatic carbocycles. The Bertz CT molecular complexity index is 413. The van der Waals surface area contributed by atoms with Crippen LogP contribution in [-0.2, 0) is 4.74 Å². The maximum Gasteiger partial charge on any atom is 0.335 e. The van der Waals surface area contributed by atoms with E-state index in [0.717, 1.165) is 16.4 Å². The van der Waals surface area contributed by atoms with Crippen molar-refractivity contribution in [3.8, 4) is 5.75 Å². The van der Waals surface area contributed by atoms with Crippen molar-refractivity contribution >= 4 is 28.6 Å². The highest BCUT2D eigenvalue weighted by atomic mass is 127. The van der Waals surface area contributed by atoms with Gasteiger partial charge in [0.25, 0.3) is 0 Å². The van der Waals surface area contributed by atoms with Crippen LogP contribution in [0.25, 0.3) is 0 Å². The van der Waals surface area contributed by atoms with E-state index in [2.05, 4.69) is 22.6 Å². The smallest absolute Gasteiger partial charge is 0.335 e. The van der Waals surface area contributed by atoms with Gasteiger partial charge in [-0.15, -0.1) is 0 Å². The Morgan fingerprint density at radius 2 is 2.12 bits per heavy atom. The van der Waals surface area contributed by atoms with Gasteiger partial charge in [0.15, 0.2) is 0 Å². The maximum atomic E-state index is 10.9. The van der Waals surface area contributed by atoms with Crippen LogP contribution < -0.4 is 4.74 Å². The van der Waals surface area contributed by atoms with Gasteiger partial charge in [-0.3, -0.25) is 0 Å². The normalized spacial score (nSPS) is 16.8. The van der Waals surface area contributed by atoms with Gasteiger partial charge in [-0.05, 0) is 40.8 Å². The van der Waals surface area contributed by atoms with Crippen molar-refractivity contribution in [1.82, 2.24) is 0 Å². The van der Waals surface area contributed by atoms with Gasteiger partial charge in [-0.2, -0.15) is 0 Å². The van der Waals surface area contributed by atoms with Crippen molar-refractivity contribution in [2.24, 2.45) is 0 Å². The van der Waals surface area contributed by atoms with Crippen molar-refractivity contribution in [3.05, 3.63) is 27.3 Å². The zero-order valence-electron chi connectivity index (χ0n) is 9.19. The van der Waals surface area contributed by atoms with Gasteiger partial charge in [0, 0.05) is 12.8 Å². The molecule has 0 aromatic heterocycles. The summed E-state index contributed by atoms with van der Waals surface area (Å²) in [7, 11) is 0. The average Bonchev–Trinajstić information content (AvgIpc) is 2.33. The number of halogens is 1. The number of ether oxygens (including phenoxy) is 2. The molecule has 1 fully saturated rings. The van der Waals surface area contributed by atoms with Gasteiger partial charge in [0.2, 0.25) is 0 Å².